The first-order chi connectivity index (χ1) is 9.51. The van der Waals surface area contributed by atoms with Crippen LogP contribution >= 0.6 is 11.6 Å². The van der Waals surface area contributed by atoms with Gasteiger partial charge in [-0.15, -0.1) is 0 Å². The highest BCUT2D eigenvalue weighted by molar-refractivity contribution is 6.30. The molecule has 1 atom stereocenters. The number of nitrogens with two attached hydrogens (primary N) is 1. The molecule has 20 heavy (non-hydrogen) atoms. The minimum absolute atomic E-state index is 0.240. The molecule has 0 aliphatic rings. The molecular weight excluding hydrogens is 284 g/mol. The molecule has 2 aromatic carbocycles. The molecular formula is C15H14ClF2NO. The van der Waals surface area contributed by atoms with Gasteiger partial charge in [-0.3, -0.25) is 0 Å². The van der Waals surface area contributed by atoms with E-state index in [0.29, 0.717) is 16.3 Å². The van der Waals surface area contributed by atoms with Crippen molar-refractivity contribution in [1.29, 1.82) is 0 Å². The number of methoxy groups -OCH3 is 1. The van der Waals surface area contributed by atoms with Crippen LogP contribution in [0.1, 0.15) is 17.2 Å². The van der Waals surface area contributed by atoms with E-state index < -0.39 is 17.7 Å². The van der Waals surface area contributed by atoms with Crippen molar-refractivity contribution in [2.45, 2.75) is 12.5 Å². The summed E-state index contributed by atoms with van der Waals surface area (Å²) in [6, 6.07) is 8.08. The third-order valence-electron chi connectivity index (χ3n) is 3.05. The van der Waals surface area contributed by atoms with Crippen molar-refractivity contribution >= 4 is 11.6 Å². The van der Waals surface area contributed by atoms with E-state index in [1.807, 2.05) is 0 Å². The van der Waals surface area contributed by atoms with Crippen LogP contribution in [0, 0.1) is 11.6 Å². The summed E-state index contributed by atoms with van der Waals surface area (Å²) >= 11 is 5.88. The molecule has 0 spiro atoms. The lowest BCUT2D eigenvalue weighted by Gasteiger charge is -2.16. The van der Waals surface area contributed by atoms with Crippen molar-refractivity contribution in [3.8, 4) is 5.75 Å². The highest BCUT2D eigenvalue weighted by Gasteiger charge is 2.15. The number of benzene rings is 2. The molecule has 2 rings (SSSR count). The van der Waals surface area contributed by atoms with Crippen LogP contribution in [-0.4, -0.2) is 7.11 Å². The van der Waals surface area contributed by atoms with Gasteiger partial charge in [0, 0.05) is 22.7 Å². The molecule has 0 aromatic heterocycles. The molecule has 106 valence electrons. The monoisotopic (exact) mass is 297 g/mol. The number of hydrogen-bond acceptors (Lipinski definition) is 2. The second kappa shape index (κ2) is 6.20. The Bertz CT molecular complexity index is 619. The Balaban J connectivity index is 2.25. The van der Waals surface area contributed by atoms with Crippen LogP contribution in [0.25, 0.3) is 0 Å². The second-order valence-electron chi connectivity index (χ2n) is 4.43. The molecule has 0 fully saturated rings. The van der Waals surface area contributed by atoms with E-state index in [4.69, 9.17) is 22.1 Å². The van der Waals surface area contributed by atoms with Crippen LogP contribution in [0.2, 0.25) is 5.02 Å². The highest BCUT2D eigenvalue weighted by atomic mass is 35.5. The Labute approximate surface area is 121 Å². The first kappa shape index (κ1) is 14.8. The zero-order chi connectivity index (χ0) is 14.7. The smallest absolute Gasteiger partial charge is 0.129 e. The Hall–Kier alpha value is -1.65. The van der Waals surface area contributed by atoms with E-state index >= 15 is 0 Å². The molecule has 0 aliphatic heterocycles. The van der Waals surface area contributed by atoms with Crippen molar-refractivity contribution in [2.75, 3.05) is 7.11 Å². The maximum absolute atomic E-state index is 13.6. The van der Waals surface area contributed by atoms with Gasteiger partial charge in [0.05, 0.1) is 7.11 Å². The summed E-state index contributed by atoms with van der Waals surface area (Å²) in [5, 5.41) is 0.533. The van der Waals surface area contributed by atoms with Crippen molar-refractivity contribution < 1.29 is 13.5 Å². The van der Waals surface area contributed by atoms with Crippen molar-refractivity contribution in [1.82, 2.24) is 0 Å². The van der Waals surface area contributed by atoms with Gasteiger partial charge < -0.3 is 10.5 Å². The molecule has 2 N–H and O–H groups in total. The Morgan fingerprint density at radius 3 is 2.60 bits per heavy atom. The minimum atomic E-state index is -0.608. The third kappa shape index (κ3) is 3.26. The lowest BCUT2D eigenvalue weighted by atomic mass is 9.98. The molecule has 5 heteroatoms. The van der Waals surface area contributed by atoms with Crippen LogP contribution < -0.4 is 10.5 Å². The number of rotatable bonds is 4. The van der Waals surface area contributed by atoms with Gasteiger partial charge in [-0.05, 0) is 30.2 Å². The minimum Gasteiger partial charge on any atom is -0.496 e. The topological polar surface area (TPSA) is 35.2 Å². The predicted octanol–water partition coefficient (Wildman–Crippen LogP) is 3.87. The van der Waals surface area contributed by atoms with Gasteiger partial charge >= 0.3 is 0 Å². The molecule has 2 nitrogen and oxygen atoms in total. The average molecular weight is 298 g/mol. The Morgan fingerprint density at radius 2 is 1.95 bits per heavy atom. The van der Waals surface area contributed by atoms with Gasteiger partial charge in [0.2, 0.25) is 0 Å². The van der Waals surface area contributed by atoms with E-state index in [1.54, 1.807) is 18.2 Å². The fraction of sp³-hybridized carbons (Fsp3) is 0.200. The maximum Gasteiger partial charge on any atom is 0.129 e. The van der Waals surface area contributed by atoms with Crippen LogP contribution in [0.5, 0.6) is 5.75 Å². The first-order valence-corrected chi connectivity index (χ1v) is 6.42. The average Bonchev–Trinajstić information content (AvgIpc) is 2.41. The maximum atomic E-state index is 13.6. The van der Waals surface area contributed by atoms with Gasteiger partial charge in [0.25, 0.3) is 0 Å². The largest absolute Gasteiger partial charge is 0.496 e. The molecule has 0 aliphatic carbocycles. The van der Waals surface area contributed by atoms with Gasteiger partial charge in [0.1, 0.15) is 17.4 Å². The van der Waals surface area contributed by atoms with Crippen LogP contribution in [0.3, 0.4) is 0 Å². The summed E-state index contributed by atoms with van der Waals surface area (Å²) < 4.78 is 31.7. The quantitative estimate of drug-likeness (QED) is 0.930. The summed E-state index contributed by atoms with van der Waals surface area (Å²) in [6.07, 6.45) is 0.240. The second-order valence-corrected chi connectivity index (χ2v) is 4.87. The van der Waals surface area contributed by atoms with Crippen molar-refractivity contribution in [3.05, 3.63) is 64.2 Å². The molecule has 1 unspecified atom stereocenters. The molecule has 0 radical (unpaired) electrons. The highest BCUT2D eigenvalue weighted by Crippen LogP contribution is 2.29. The number of ether oxygens (including phenoxy) is 1. The molecule has 0 amide bonds. The number of halogens is 3. The molecule has 0 saturated carbocycles. The lowest BCUT2D eigenvalue weighted by molar-refractivity contribution is 0.405. The standard InChI is InChI=1S/C15H14ClF2NO/c1-20-15-7-10(16)3-5-12(15)14(19)6-9-2-4-11(17)8-13(9)18/h2-5,7-8,14H,6,19H2,1H3. The van der Waals surface area contributed by atoms with Gasteiger partial charge in [-0.25, -0.2) is 8.78 Å². The molecule has 0 bridgehead atoms. The normalized spacial score (nSPS) is 12.2. The third-order valence-corrected chi connectivity index (χ3v) is 3.29. The lowest BCUT2D eigenvalue weighted by Crippen LogP contribution is -2.15. The summed E-state index contributed by atoms with van der Waals surface area (Å²) in [4.78, 5) is 0. The molecule has 0 heterocycles. The van der Waals surface area contributed by atoms with Gasteiger partial charge in [-0.2, -0.15) is 0 Å². The fourth-order valence-corrected chi connectivity index (χ4v) is 2.19. The summed E-state index contributed by atoms with van der Waals surface area (Å²) in [5.41, 5.74) is 7.16. The van der Waals surface area contributed by atoms with E-state index in [1.165, 1.54) is 19.2 Å². The van der Waals surface area contributed by atoms with Gasteiger partial charge in [-0.1, -0.05) is 23.7 Å². The predicted molar refractivity (Wildman–Crippen MR) is 75.0 cm³/mol. The molecule has 0 saturated heterocycles. The Morgan fingerprint density at radius 1 is 1.20 bits per heavy atom. The first-order valence-electron chi connectivity index (χ1n) is 6.04. The zero-order valence-electron chi connectivity index (χ0n) is 10.9. The Kier molecular flexibility index (Phi) is 4.57. The SMILES string of the molecule is COc1cc(Cl)ccc1C(N)Cc1ccc(F)cc1F. The van der Waals surface area contributed by atoms with Crippen LogP contribution in [0.15, 0.2) is 36.4 Å². The summed E-state index contributed by atoms with van der Waals surface area (Å²) in [7, 11) is 1.51. The number of hydrogen-bond donors (Lipinski definition) is 1. The van der Waals surface area contributed by atoms with E-state index in [-0.39, 0.29) is 6.42 Å². The van der Waals surface area contributed by atoms with E-state index in [0.717, 1.165) is 11.6 Å². The zero-order valence-corrected chi connectivity index (χ0v) is 11.6. The van der Waals surface area contributed by atoms with Gasteiger partial charge in [0.15, 0.2) is 0 Å². The van der Waals surface area contributed by atoms with E-state index in [9.17, 15) is 8.78 Å². The van der Waals surface area contributed by atoms with E-state index in [2.05, 4.69) is 0 Å². The fourth-order valence-electron chi connectivity index (χ4n) is 2.03. The molecule has 2 aromatic rings. The van der Waals surface area contributed by atoms with Crippen LogP contribution in [-0.2, 0) is 6.42 Å². The van der Waals surface area contributed by atoms with Crippen LogP contribution in [0.4, 0.5) is 8.78 Å². The summed E-state index contributed by atoms with van der Waals surface area (Å²) in [5.74, 6) is -0.662. The van der Waals surface area contributed by atoms with Crippen molar-refractivity contribution in [2.24, 2.45) is 5.73 Å². The van der Waals surface area contributed by atoms with Crippen molar-refractivity contribution in [3.63, 3.8) is 0 Å². The summed E-state index contributed by atoms with van der Waals surface area (Å²) in [6.45, 7) is 0.